The zero-order valence-electron chi connectivity index (χ0n) is 23.7. The van der Waals surface area contributed by atoms with Crippen LogP contribution in [0.15, 0.2) is 122 Å². The summed E-state index contributed by atoms with van der Waals surface area (Å²) < 4.78 is 7.18. The van der Waals surface area contributed by atoms with Gasteiger partial charge in [0.25, 0.3) is 0 Å². The van der Waals surface area contributed by atoms with Crippen LogP contribution in [0.3, 0.4) is 0 Å². The molecule has 212 valence electrons. The molecule has 6 aromatic rings. The van der Waals surface area contributed by atoms with Crippen molar-refractivity contribution in [1.82, 2.24) is 14.5 Å². The van der Waals surface area contributed by atoms with Crippen LogP contribution < -0.4 is 5.32 Å². The van der Waals surface area contributed by atoms with Crippen LogP contribution in [0.2, 0.25) is 0 Å². The van der Waals surface area contributed by atoms with Crippen LogP contribution >= 0.6 is 0 Å². The van der Waals surface area contributed by atoms with Crippen LogP contribution in [0.4, 0.5) is 5.69 Å². The highest BCUT2D eigenvalue weighted by Gasteiger charge is 2.41. The maximum absolute atomic E-state index is 13.3. The van der Waals surface area contributed by atoms with E-state index in [-0.39, 0.29) is 22.7 Å². The SMILES string of the molecule is CNc1ccc(O)cc1C(=N)c1cnc2c(n1)c(C(=O)OC)cn2C(c1ccccc1)(c1ccccc1)c1ccccc1. The fraction of sp³-hybridized carbons (Fsp3) is 0.0857. The molecule has 43 heavy (non-hydrogen) atoms. The van der Waals surface area contributed by atoms with Crippen LogP contribution in [0.1, 0.15) is 38.3 Å². The molecule has 8 heteroatoms. The standard InChI is InChI=1S/C35H29N5O3/c1-37-29-19-18-26(41)20-27(29)31(36)30-21-38-33-32(39-30)28(34(42)43-2)22-40(33)35(23-12-6-3-7-13-23,24-14-8-4-9-15-24)25-16-10-5-11-17-25/h3-22,36-37,41H,1-2H3. The number of nitrogens with zero attached hydrogens (tertiary/aromatic N) is 3. The van der Waals surface area contributed by atoms with E-state index in [9.17, 15) is 9.90 Å². The number of fused-ring (bicyclic) bond motifs is 1. The lowest BCUT2D eigenvalue weighted by Crippen LogP contribution is -2.37. The number of aromatic hydroxyl groups is 1. The molecular formula is C35H29N5O3. The molecule has 2 heterocycles. The summed E-state index contributed by atoms with van der Waals surface area (Å²) >= 11 is 0. The number of hydrogen-bond acceptors (Lipinski definition) is 7. The molecule has 0 fully saturated rings. The minimum absolute atomic E-state index is 0.0209. The van der Waals surface area contributed by atoms with Crippen LogP contribution in [0, 0.1) is 5.41 Å². The fourth-order valence-electron chi connectivity index (χ4n) is 5.68. The van der Waals surface area contributed by atoms with Crippen molar-refractivity contribution in [2.75, 3.05) is 19.5 Å². The second-order valence-electron chi connectivity index (χ2n) is 10.00. The van der Waals surface area contributed by atoms with Gasteiger partial charge in [0, 0.05) is 24.5 Å². The average Bonchev–Trinajstić information content (AvgIpc) is 3.45. The number of carbonyl (C=O) groups is 1. The number of phenolic OH excluding ortho intramolecular Hbond substituents is 1. The van der Waals surface area contributed by atoms with Gasteiger partial charge < -0.3 is 19.7 Å². The van der Waals surface area contributed by atoms with Gasteiger partial charge in [-0.15, -0.1) is 0 Å². The maximum atomic E-state index is 13.3. The van der Waals surface area contributed by atoms with Crippen molar-refractivity contribution in [3.8, 4) is 5.75 Å². The molecule has 6 rings (SSSR count). The van der Waals surface area contributed by atoms with Crippen molar-refractivity contribution in [3.05, 3.63) is 155 Å². The lowest BCUT2D eigenvalue weighted by molar-refractivity contribution is 0.0602. The summed E-state index contributed by atoms with van der Waals surface area (Å²) in [6.07, 6.45) is 3.27. The molecule has 3 N–H and O–H groups in total. The Morgan fingerprint density at radius 2 is 1.42 bits per heavy atom. The molecule has 2 aromatic heterocycles. The Labute approximate surface area is 248 Å². The number of methoxy groups -OCH3 is 1. The first kappa shape index (κ1) is 27.4. The third-order valence-electron chi connectivity index (χ3n) is 7.63. The summed E-state index contributed by atoms with van der Waals surface area (Å²) in [7, 11) is 3.07. The number of rotatable bonds is 8. The Hall–Kier alpha value is -5.76. The Balaban J connectivity index is 1.68. The van der Waals surface area contributed by atoms with Crippen molar-refractivity contribution in [3.63, 3.8) is 0 Å². The Morgan fingerprint density at radius 1 is 0.860 bits per heavy atom. The van der Waals surface area contributed by atoms with Crippen LogP contribution in [-0.4, -0.2) is 45.5 Å². The summed E-state index contributed by atoms with van der Waals surface area (Å²) in [5.41, 5.74) is 4.26. The highest BCUT2D eigenvalue weighted by Crippen LogP contribution is 2.43. The van der Waals surface area contributed by atoms with Crippen LogP contribution in [0.25, 0.3) is 11.2 Å². The summed E-state index contributed by atoms with van der Waals surface area (Å²) in [5, 5.41) is 22.2. The van der Waals surface area contributed by atoms with E-state index in [1.807, 2.05) is 59.2 Å². The molecule has 0 aliphatic rings. The highest BCUT2D eigenvalue weighted by atomic mass is 16.5. The zero-order valence-corrected chi connectivity index (χ0v) is 23.7. The number of hydrogen-bond donors (Lipinski definition) is 3. The third kappa shape index (κ3) is 4.59. The number of benzene rings is 4. The first-order valence-electron chi connectivity index (χ1n) is 13.7. The molecule has 0 spiro atoms. The van der Waals surface area contributed by atoms with Gasteiger partial charge in [-0.3, -0.25) is 5.41 Å². The van der Waals surface area contributed by atoms with Gasteiger partial charge in [0.15, 0.2) is 5.65 Å². The molecule has 0 amide bonds. The number of esters is 1. The summed E-state index contributed by atoms with van der Waals surface area (Å²) in [6.45, 7) is 0. The first-order valence-corrected chi connectivity index (χ1v) is 13.7. The van der Waals surface area contributed by atoms with E-state index in [2.05, 4.69) is 41.7 Å². The van der Waals surface area contributed by atoms with Crippen molar-refractivity contribution < 1.29 is 14.6 Å². The van der Waals surface area contributed by atoms with E-state index in [4.69, 9.17) is 20.1 Å². The monoisotopic (exact) mass is 567 g/mol. The summed E-state index contributed by atoms with van der Waals surface area (Å²) in [4.78, 5) is 23.0. The van der Waals surface area contributed by atoms with E-state index in [1.54, 1.807) is 25.4 Å². The molecule has 8 nitrogen and oxygen atoms in total. The van der Waals surface area contributed by atoms with Gasteiger partial charge in [-0.05, 0) is 34.9 Å². The lowest BCUT2D eigenvalue weighted by Gasteiger charge is -2.38. The second kappa shape index (κ2) is 11.3. The topological polar surface area (TPSA) is 113 Å². The Morgan fingerprint density at radius 3 is 1.93 bits per heavy atom. The molecule has 4 aromatic carbocycles. The number of ether oxygens (including phenoxy) is 1. The number of phenols is 1. The van der Waals surface area contributed by atoms with Crippen molar-refractivity contribution in [2.45, 2.75) is 5.54 Å². The van der Waals surface area contributed by atoms with E-state index >= 15 is 0 Å². The molecule has 0 radical (unpaired) electrons. The normalized spacial score (nSPS) is 11.3. The Bertz CT molecular complexity index is 1840. The second-order valence-corrected chi connectivity index (χ2v) is 10.00. The molecule has 0 saturated heterocycles. The van der Waals surface area contributed by atoms with Crippen molar-refractivity contribution in [1.29, 1.82) is 5.41 Å². The van der Waals surface area contributed by atoms with E-state index in [0.717, 1.165) is 16.7 Å². The number of anilines is 1. The van der Waals surface area contributed by atoms with Gasteiger partial charge in [0.1, 0.15) is 28.1 Å². The molecule has 0 atom stereocenters. The van der Waals surface area contributed by atoms with Gasteiger partial charge in [-0.1, -0.05) is 91.0 Å². The average molecular weight is 568 g/mol. The predicted molar refractivity (Wildman–Crippen MR) is 167 cm³/mol. The van der Waals surface area contributed by atoms with Crippen LogP contribution in [-0.2, 0) is 10.3 Å². The lowest BCUT2D eigenvalue weighted by atomic mass is 9.76. The predicted octanol–water partition coefficient (Wildman–Crippen LogP) is 6.22. The van der Waals surface area contributed by atoms with E-state index in [0.29, 0.717) is 22.4 Å². The van der Waals surface area contributed by atoms with Gasteiger partial charge in [0.2, 0.25) is 0 Å². The van der Waals surface area contributed by atoms with Gasteiger partial charge in [-0.2, -0.15) is 0 Å². The number of nitrogens with one attached hydrogen (secondary N) is 2. The van der Waals surface area contributed by atoms with Gasteiger partial charge >= 0.3 is 5.97 Å². The minimum Gasteiger partial charge on any atom is -0.508 e. The molecule has 0 aliphatic heterocycles. The maximum Gasteiger partial charge on any atom is 0.341 e. The minimum atomic E-state index is -0.942. The zero-order chi connectivity index (χ0) is 30.0. The summed E-state index contributed by atoms with van der Waals surface area (Å²) in [6, 6.07) is 34.9. The summed E-state index contributed by atoms with van der Waals surface area (Å²) in [5.74, 6) is -0.550. The molecule has 0 bridgehead atoms. The molecule has 0 saturated carbocycles. The number of aromatic nitrogens is 3. The fourth-order valence-corrected chi connectivity index (χ4v) is 5.68. The largest absolute Gasteiger partial charge is 0.508 e. The third-order valence-corrected chi connectivity index (χ3v) is 7.63. The van der Waals surface area contributed by atoms with Crippen molar-refractivity contribution in [2.24, 2.45) is 0 Å². The first-order chi connectivity index (χ1) is 21.0. The number of carbonyl (C=O) groups excluding carboxylic acids is 1. The molecule has 0 unspecified atom stereocenters. The molecule has 0 aliphatic carbocycles. The Kier molecular flexibility index (Phi) is 7.17. The van der Waals surface area contributed by atoms with E-state index in [1.165, 1.54) is 19.4 Å². The van der Waals surface area contributed by atoms with E-state index < -0.39 is 11.5 Å². The van der Waals surface area contributed by atoms with Crippen LogP contribution in [0.5, 0.6) is 5.75 Å². The quantitative estimate of drug-likeness (QED) is 0.0871. The van der Waals surface area contributed by atoms with Gasteiger partial charge in [0.05, 0.1) is 19.0 Å². The highest BCUT2D eigenvalue weighted by molar-refractivity contribution is 6.14. The van der Waals surface area contributed by atoms with Gasteiger partial charge in [-0.25, -0.2) is 14.8 Å². The molecular weight excluding hydrogens is 538 g/mol. The van der Waals surface area contributed by atoms with Crippen molar-refractivity contribution >= 4 is 28.5 Å². The smallest absolute Gasteiger partial charge is 0.341 e.